The van der Waals surface area contributed by atoms with Gasteiger partial charge in [0.2, 0.25) is 0 Å². The molecule has 0 aliphatic heterocycles. The van der Waals surface area contributed by atoms with Gasteiger partial charge in [-0.1, -0.05) is 83.7 Å². The summed E-state index contributed by atoms with van der Waals surface area (Å²) in [5, 5.41) is 7.32. The van der Waals surface area contributed by atoms with Crippen molar-refractivity contribution >= 4 is 28.4 Å². The van der Waals surface area contributed by atoms with Gasteiger partial charge in [0, 0.05) is 30.3 Å². The fourth-order valence-corrected chi connectivity index (χ4v) is 6.68. The minimum absolute atomic E-state index is 0.0383. The summed E-state index contributed by atoms with van der Waals surface area (Å²) in [6, 6.07) is 8.55. The molecular weight excluding hydrogens is 740 g/mol. The van der Waals surface area contributed by atoms with Crippen LogP contribution in [0, 0.1) is 11.2 Å². The van der Waals surface area contributed by atoms with Crippen LogP contribution in [0.2, 0.25) is 5.15 Å². The molecule has 302 valence electrons. The largest absolute Gasteiger partial charge is 0.497 e. The Bertz CT molecular complexity index is 1880. The Morgan fingerprint density at radius 2 is 1.49 bits per heavy atom. The average molecular weight is 793 g/mol. The number of fused-ring (bicyclic) bond motifs is 1. The number of alkyl halides is 3. The molecule has 14 heteroatoms. The van der Waals surface area contributed by atoms with Crippen molar-refractivity contribution in [2.45, 2.75) is 111 Å². The molecule has 0 aliphatic carbocycles. The molecule has 0 radical (unpaired) electrons. The molecule has 2 aromatic heterocycles. The Hall–Kier alpha value is -4.10. The van der Waals surface area contributed by atoms with Crippen molar-refractivity contribution in [3.8, 4) is 28.5 Å². The normalized spacial score (nSPS) is 12.0. The van der Waals surface area contributed by atoms with E-state index in [1.165, 1.54) is 77.0 Å². The van der Waals surface area contributed by atoms with E-state index in [1.54, 1.807) is 18.2 Å². The fraction of sp³-hybridized carbons (Fsp3) is 0.537. The molecule has 0 saturated carbocycles. The van der Waals surface area contributed by atoms with Gasteiger partial charge in [-0.2, -0.15) is 18.3 Å². The molecule has 0 saturated heterocycles. The van der Waals surface area contributed by atoms with Crippen LogP contribution in [0.5, 0.6) is 17.2 Å². The number of nitrogens with one attached hydrogen (secondary N) is 1. The first kappa shape index (κ1) is 43.6. The second kappa shape index (κ2) is 20.2. The van der Waals surface area contributed by atoms with E-state index in [0.29, 0.717) is 29.1 Å². The second-order valence-electron chi connectivity index (χ2n) is 14.9. The minimum Gasteiger partial charge on any atom is -0.497 e. The zero-order valence-corrected chi connectivity index (χ0v) is 33.4. The number of hydrogen-bond donors (Lipinski definition) is 1. The topological polar surface area (TPSA) is 96.7 Å². The quantitative estimate of drug-likeness (QED) is 0.0510. The van der Waals surface area contributed by atoms with E-state index in [4.69, 9.17) is 30.5 Å². The van der Waals surface area contributed by atoms with Gasteiger partial charge in [0.1, 0.15) is 23.4 Å². The Morgan fingerprint density at radius 1 is 0.836 bits per heavy atom. The molecule has 4 aromatic rings. The zero-order valence-electron chi connectivity index (χ0n) is 32.6. The summed E-state index contributed by atoms with van der Waals surface area (Å²) in [5.74, 6) is -0.713. The SMILES string of the molecule is COc1ccc(CNC(=O)c2nn(COCCCCCCCCCCCC(C)(C)C)c3cc(-c4cc(F)c(OC)cc4CC(F)(F)F)nc(Cl)c23)c(OC)c1. The molecule has 0 atom stereocenters. The number of ether oxygens (including phenoxy) is 4. The number of carbonyl (C=O) groups excluding carboxylic acids is 1. The first-order valence-corrected chi connectivity index (χ1v) is 19.1. The van der Waals surface area contributed by atoms with Crippen LogP contribution in [-0.4, -0.2) is 54.8 Å². The van der Waals surface area contributed by atoms with Gasteiger partial charge in [0.15, 0.2) is 17.3 Å². The summed E-state index contributed by atoms with van der Waals surface area (Å²) in [7, 11) is 4.21. The number of benzene rings is 2. The van der Waals surface area contributed by atoms with E-state index >= 15 is 0 Å². The molecule has 9 nitrogen and oxygen atoms in total. The molecule has 2 aromatic carbocycles. The van der Waals surface area contributed by atoms with E-state index in [0.717, 1.165) is 31.4 Å². The number of methoxy groups -OCH3 is 3. The minimum atomic E-state index is -4.61. The smallest absolute Gasteiger partial charge is 0.393 e. The Kier molecular flexibility index (Phi) is 16.0. The number of unbranched alkanes of at least 4 members (excludes halogenated alkanes) is 8. The third-order valence-electron chi connectivity index (χ3n) is 9.31. The van der Waals surface area contributed by atoms with Gasteiger partial charge in [0.05, 0.1) is 44.3 Å². The predicted molar refractivity (Wildman–Crippen MR) is 207 cm³/mol. The Morgan fingerprint density at radius 3 is 2.11 bits per heavy atom. The van der Waals surface area contributed by atoms with Crippen LogP contribution < -0.4 is 19.5 Å². The maximum Gasteiger partial charge on any atom is 0.393 e. The van der Waals surface area contributed by atoms with Crippen LogP contribution in [0.3, 0.4) is 0 Å². The number of halogens is 5. The number of rotatable bonds is 21. The lowest BCUT2D eigenvalue weighted by Gasteiger charge is -2.17. The fourth-order valence-electron chi connectivity index (χ4n) is 6.40. The van der Waals surface area contributed by atoms with E-state index in [1.807, 2.05) is 0 Å². The zero-order chi connectivity index (χ0) is 40.2. The van der Waals surface area contributed by atoms with Crippen LogP contribution in [0.4, 0.5) is 17.6 Å². The lowest BCUT2D eigenvalue weighted by molar-refractivity contribution is -0.127. The van der Waals surface area contributed by atoms with Crippen LogP contribution in [0.25, 0.3) is 22.2 Å². The first-order valence-electron chi connectivity index (χ1n) is 18.7. The lowest BCUT2D eigenvalue weighted by Crippen LogP contribution is -2.24. The molecular formula is C41H53ClF4N4O5. The van der Waals surface area contributed by atoms with Gasteiger partial charge >= 0.3 is 6.18 Å². The highest BCUT2D eigenvalue weighted by atomic mass is 35.5. The van der Waals surface area contributed by atoms with Gasteiger partial charge in [-0.15, -0.1) is 0 Å². The van der Waals surface area contributed by atoms with E-state index in [2.05, 4.69) is 36.2 Å². The molecule has 1 amide bonds. The van der Waals surface area contributed by atoms with Crippen molar-refractivity contribution in [2.75, 3.05) is 27.9 Å². The van der Waals surface area contributed by atoms with Gasteiger partial charge in [-0.3, -0.25) is 4.79 Å². The monoisotopic (exact) mass is 792 g/mol. The van der Waals surface area contributed by atoms with E-state index in [9.17, 15) is 22.4 Å². The van der Waals surface area contributed by atoms with Gasteiger partial charge in [-0.05, 0) is 54.2 Å². The molecule has 0 bridgehead atoms. The summed E-state index contributed by atoms with van der Waals surface area (Å²) < 4.78 is 78.9. The standard InChI is InChI=1S/C41H53ClF4N4O5/c1-40(2,3)18-14-12-10-8-7-9-11-13-15-19-55-26-50-33-23-32(30-22-31(43)35(54-6)20-28(30)24-41(44,45)46)48-38(42)36(33)37(49-50)39(51)47-25-27-16-17-29(52-4)21-34(27)53-5/h16-17,20-23H,7-15,18-19,24-26H2,1-6H3,(H,47,51). The maximum absolute atomic E-state index is 14.9. The molecule has 0 fully saturated rings. The Balaban J connectivity index is 1.52. The summed E-state index contributed by atoms with van der Waals surface area (Å²) >= 11 is 6.69. The van der Waals surface area contributed by atoms with Crippen LogP contribution in [0.15, 0.2) is 36.4 Å². The number of amides is 1. The second-order valence-corrected chi connectivity index (χ2v) is 15.2. The summed E-state index contributed by atoms with van der Waals surface area (Å²) in [6.07, 6.45) is 5.66. The van der Waals surface area contributed by atoms with Crippen LogP contribution in [-0.2, 0) is 24.4 Å². The Labute approximate surface area is 326 Å². The highest BCUT2D eigenvalue weighted by Crippen LogP contribution is 2.37. The van der Waals surface area contributed by atoms with Gasteiger partial charge < -0.3 is 24.3 Å². The number of aromatic nitrogens is 3. The molecule has 2 heterocycles. The average Bonchev–Trinajstić information content (AvgIpc) is 3.50. The number of carbonyl (C=O) groups is 1. The molecule has 4 rings (SSSR count). The molecule has 55 heavy (non-hydrogen) atoms. The molecule has 1 N–H and O–H groups in total. The van der Waals surface area contributed by atoms with Gasteiger partial charge in [-0.25, -0.2) is 14.1 Å². The summed E-state index contributed by atoms with van der Waals surface area (Å²) in [5.41, 5.74) is 0.849. The molecule has 0 aliphatic rings. The molecule has 0 spiro atoms. The number of hydrogen-bond acceptors (Lipinski definition) is 7. The van der Waals surface area contributed by atoms with Crippen LogP contribution >= 0.6 is 11.6 Å². The van der Waals surface area contributed by atoms with E-state index < -0.39 is 24.3 Å². The summed E-state index contributed by atoms with van der Waals surface area (Å²) in [4.78, 5) is 18.0. The first-order chi connectivity index (χ1) is 26.1. The van der Waals surface area contributed by atoms with Crippen molar-refractivity contribution in [2.24, 2.45) is 5.41 Å². The lowest BCUT2D eigenvalue weighted by atomic mass is 9.89. The summed E-state index contributed by atoms with van der Waals surface area (Å²) in [6.45, 7) is 7.27. The van der Waals surface area contributed by atoms with Crippen molar-refractivity contribution in [1.29, 1.82) is 0 Å². The third-order valence-corrected chi connectivity index (χ3v) is 9.59. The van der Waals surface area contributed by atoms with Gasteiger partial charge in [0.25, 0.3) is 5.91 Å². The van der Waals surface area contributed by atoms with Crippen molar-refractivity contribution in [3.63, 3.8) is 0 Å². The number of nitrogens with zero attached hydrogens (tertiary/aromatic N) is 3. The third kappa shape index (κ3) is 13.0. The maximum atomic E-state index is 14.9. The highest BCUT2D eigenvalue weighted by Gasteiger charge is 2.31. The van der Waals surface area contributed by atoms with Crippen molar-refractivity contribution in [3.05, 3.63) is 64.2 Å². The number of pyridine rings is 1. The highest BCUT2D eigenvalue weighted by molar-refractivity contribution is 6.35. The van der Waals surface area contributed by atoms with Crippen LogP contribution in [0.1, 0.15) is 107 Å². The van der Waals surface area contributed by atoms with E-state index in [-0.39, 0.29) is 57.6 Å². The predicted octanol–water partition coefficient (Wildman–Crippen LogP) is 10.9. The van der Waals surface area contributed by atoms with Crippen molar-refractivity contribution < 1.29 is 41.3 Å². The molecule has 0 unspecified atom stereocenters. The van der Waals surface area contributed by atoms with Crippen molar-refractivity contribution in [1.82, 2.24) is 20.1 Å².